The molecule has 0 unspecified atom stereocenters. The summed E-state index contributed by atoms with van der Waals surface area (Å²) in [6, 6.07) is 5.67. The molecule has 2 rings (SSSR count). The lowest BCUT2D eigenvalue weighted by Crippen LogP contribution is -2.25. The van der Waals surface area contributed by atoms with Crippen LogP contribution in [0.5, 0.6) is 5.75 Å². The van der Waals surface area contributed by atoms with E-state index in [0.29, 0.717) is 30.7 Å². The molecule has 0 aromatic heterocycles. The van der Waals surface area contributed by atoms with Gasteiger partial charge in [-0.25, -0.2) is 0 Å². The van der Waals surface area contributed by atoms with Gasteiger partial charge < -0.3 is 14.8 Å². The second kappa shape index (κ2) is 9.75. The first-order valence-corrected chi connectivity index (χ1v) is 9.13. The van der Waals surface area contributed by atoms with Crippen LogP contribution in [0.15, 0.2) is 33.7 Å². The fourth-order valence-corrected chi connectivity index (χ4v) is 2.97. The minimum absolute atomic E-state index is 0.196. The number of aliphatic imine (C=N–C) groups is 1. The number of amides is 1. The highest BCUT2D eigenvalue weighted by Crippen LogP contribution is 2.24. The fraction of sp³-hybridized carbons (Fsp3) is 0.375. The number of nitrogens with one attached hydrogen (secondary N) is 1. The summed E-state index contributed by atoms with van der Waals surface area (Å²) in [7, 11) is 0. The second-order valence-corrected chi connectivity index (χ2v) is 6.58. The number of halogens is 1. The quantitative estimate of drug-likeness (QED) is 0.566. The van der Waals surface area contributed by atoms with E-state index in [4.69, 9.17) is 9.47 Å². The van der Waals surface area contributed by atoms with Crippen LogP contribution in [0.3, 0.4) is 0 Å². The van der Waals surface area contributed by atoms with E-state index in [1.807, 2.05) is 25.1 Å². The lowest BCUT2D eigenvalue weighted by Gasteiger charge is -2.10. The van der Waals surface area contributed by atoms with E-state index in [1.165, 1.54) is 6.08 Å². The molecule has 0 fully saturated rings. The predicted octanol–water partition coefficient (Wildman–Crippen LogP) is 3.10. The maximum absolute atomic E-state index is 11.9. The Morgan fingerprint density at radius 1 is 1.48 bits per heavy atom. The molecule has 1 aliphatic rings. The van der Waals surface area contributed by atoms with Gasteiger partial charge in [0.1, 0.15) is 12.4 Å². The number of carbonyl (C=O) groups is 1. The molecule has 1 heterocycles. The number of ether oxygens (including phenoxy) is 2. The number of nitrogens with zero attached hydrogens (tertiary/aromatic N) is 1. The fourth-order valence-electron chi connectivity index (χ4n) is 1.86. The van der Waals surface area contributed by atoms with E-state index < -0.39 is 0 Å². The topological polar surface area (TPSA) is 59.9 Å². The lowest BCUT2D eigenvalue weighted by atomic mass is 10.2. The first kappa shape index (κ1) is 18.0. The van der Waals surface area contributed by atoms with Crippen LogP contribution in [-0.4, -0.2) is 43.2 Å². The van der Waals surface area contributed by atoms with Crippen LogP contribution in [0.2, 0.25) is 0 Å². The van der Waals surface area contributed by atoms with Crippen LogP contribution in [-0.2, 0) is 9.53 Å². The van der Waals surface area contributed by atoms with Crippen molar-refractivity contribution in [2.24, 2.45) is 4.99 Å². The Balaban J connectivity index is 1.97. The van der Waals surface area contributed by atoms with Gasteiger partial charge >= 0.3 is 0 Å². The summed E-state index contributed by atoms with van der Waals surface area (Å²) in [4.78, 5) is 16.1. The highest BCUT2D eigenvalue weighted by Gasteiger charge is 2.09. The largest absolute Gasteiger partial charge is 0.491 e. The van der Waals surface area contributed by atoms with Gasteiger partial charge in [0.15, 0.2) is 5.17 Å². The predicted molar refractivity (Wildman–Crippen MR) is 98.1 cm³/mol. The number of rotatable bonds is 7. The first-order chi connectivity index (χ1) is 11.2. The smallest absolute Gasteiger partial charge is 0.249 e. The molecule has 5 nitrogen and oxygen atoms in total. The summed E-state index contributed by atoms with van der Waals surface area (Å²) in [5.41, 5.74) is 0.826. The number of hydrogen-bond acceptors (Lipinski definition) is 5. The zero-order chi connectivity index (χ0) is 16.5. The number of benzene rings is 1. The van der Waals surface area contributed by atoms with Gasteiger partial charge in [-0.15, -0.1) is 0 Å². The Hall–Kier alpha value is -1.31. The molecule has 0 spiro atoms. The van der Waals surface area contributed by atoms with Crippen molar-refractivity contribution in [2.45, 2.75) is 6.92 Å². The summed E-state index contributed by atoms with van der Waals surface area (Å²) in [6.45, 7) is 4.37. The van der Waals surface area contributed by atoms with Gasteiger partial charge in [0.05, 0.1) is 13.2 Å². The molecule has 0 atom stereocenters. The van der Waals surface area contributed by atoms with Gasteiger partial charge in [-0.1, -0.05) is 27.7 Å². The van der Waals surface area contributed by atoms with Gasteiger partial charge in [0.25, 0.3) is 0 Å². The molecule has 0 aliphatic carbocycles. The summed E-state index contributed by atoms with van der Waals surface area (Å²) in [5, 5.41) is 3.44. The molecule has 1 aliphatic heterocycles. The Kier molecular flexibility index (Phi) is 7.64. The average molecular weight is 399 g/mol. The van der Waals surface area contributed by atoms with Crippen LogP contribution in [0, 0.1) is 0 Å². The second-order valence-electron chi connectivity index (χ2n) is 4.59. The molecule has 124 valence electrons. The highest BCUT2D eigenvalue weighted by molar-refractivity contribution is 9.10. The van der Waals surface area contributed by atoms with Gasteiger partial charge in [0, 0.05) is 28.5 Å². The van der Waals surface area contributed by atoms with Crippen LogP contribution in [0.1, 0.15) is 12.5 Å². The van der Waals surface area contributed by atoms with Crippen molar-refractivity contribution in [3.63, 3.8) is 0 Å². The van der Waals surface area contributed by atoms with Gasteiger partial charge in [-0.2, -0.15) is 0 Å². The Bertz CT molecular complexity index is 605. The van der Waals surface area contributed by atoms with E-state index >= 15 is 0 Å². The van der Waals surface area contributed by atoms with E-state index in [0.717, 1.165) is 22.3 Å². The molecule has 1 amide bonds. The standard InChI is InChI=1S/C16H19BrN2O3S/c1-2-21-8-9-22-14-5-4-13(17)11-12(14)3-6-15(20)19-16-18-7-10-23-16/h3-6,11H,2,7-10H2,1H3,(H,18,19,20)/b6-3+. The normalized spacial score (nSPS) is 14.1. The lowest BCUT2D eigenvalue weighted by molar-refractivity contribution is -0.115. The molecule has 0 saturated carbocycles. The van der Waals surface area contributed by atoms with Crippen molar-refractivity contribution in [3.05, 3.63) is 34.3 Å². The third kappa shape index (κ3) is 6.37. The third-order valence-electron chi connectivity index (χ3n) is 2.89. The maximum Gasteiger partial charge on any atom is 0.249 e. The maximum atomic E-state index is 11.9. The monoisotopic (exact) mass is 398 g/mol. The van der Waals surface area contributed by atoms with Gasteiger partial charge in [-0.05, 0) is 31.2 Å². The van der Waals surface area contributed by atoms with Crippen molar-refractivity contribution in [1.29, 1.82) is 0 Å². The van der Waals surface area contributed by atoms with Crippen molar-refractivity contribution in [1.82, 2.24) is 5.32 Å². The molecular formula is C16H19BrN2O3S. The highest BCUT2D eigenvalue weighted by atomic mass is 79.9. The molecular weight excluding hydrogens is 380 g/mol. The van der Waals surface area contributed by atoms with Gasteiger partial charge in [-0.3, -0.25) is 9.79 Å². The SMILES string of the molecule is CCOCCOc1ccc(Br)cc1/C=C/C(=O)NC1=NCCS1. The van der Waals surface area contributed by atoms with Crippen molar-refractivity contribution in [2.75, 3.05) is 32.1 Å². The van der Waals surface area contributed by atoms with Crippen LogP contribution < -0.4 is 10.1 Å². The molecule has 0 saturated heterocycles. The number of carbonyl (C=O) groups excluding carboxylic acids is 1. The Morgan fingerprint density at radius 3 is 3.09 bits per heavy atom. The first-order valence-electron chi connectivity index (χ1n) is 7.35. The molecule has 1 aromatic rings. The van der Waals surface area contributed by atoms with E-state index in [2.05, 4.69) is 26.2 Å². The average Bonchev–Trinajstić information content (AvgIpc) is 3.04. The van der Waals surface area contributed by atoms with Crippen LogP contribution in [0.4, 0.5) is 0 Å². The Morgan fingerprint density at radius 2 is 2.35 bits per heavy atom. The zero-order valence-electron chi connectivity index (χ0n) is 12.9. The third-order valence-corrected chi connectivity index (χ3v) is 4.28. The number of amidine groups is 1. The Labute approximate surface area is 148 Å². The minimum atomic E-state index is -0.196. The number of hydrogen-bond donors (Lipinski definition) is 1. The summed E-state index contributed by atoms with van der Waals surface area (Å²) < 4.78 is 11.9. The van der Waals surface area contributed by atoms with E-state index in [9.17, 15) is 4.79 Å². The molecule has 0 radical (unpaired) electrons. The summed E-state index contributed by atoms with van der Waals surface area (Å²) >= 11 is 4.98. The van der Waals surface area contributed by atoms with Crippen molar-refractivity contribution in [3.8, 4) is 5.75 Å². The van der Waals surface area contributed by atoms with Crippen LogP contribution in [0.25, 0.3) is 6.08 Å². The summed E-state index contributed by atoms with van der Waals surface area (Å²) in [6.07, 6.45) is 3.22. The summed E-state index contributed by atoms with van der Waals surface area (Å²) in [5.74, 6) is 1.44. The van der Waals surface area contributed by atoms with Crippen molar-refractivity contribution >= 4 is 44.8 Å². The molecule has 7 heteroatoms. The molecule has 1 aromatic carbocycles. The molecule has 0 bridgehead atoms. The van der Waals surface area contributed by atoms with Gasteiger partial charge in [0.2, 0.25) is 5.91 Å². The molecule has 1 N–H and O–H groups in total. The van der Waals surface area contributed by atoms with Crippen molar-refractivity contribution < 1.29 is 14.3 Å². The minimum Gasteiger partial charge on any atom is -0.491 e. The zero-order valence-corrected chi connectivity index (χ0v) is 15.3. The molecule has 23 heavy (non-hydrogen) atoms. The van der Waals surface area contributed by atoms with Crippen LogP contribution >= 0.6 is 27.7 Å². The van der Waals surface area contributed by atoms with E-state index in [-0.39, 0.29) is 5.91 Å². The number of thioether (sulfide) groups is 1. The van der Waals surface area contributed by atoms with E-state index in [1.54, 1.807) is 17.8 Å².